The number of hydrogen-bond acceptors (Lipinski definition) is 14. The minimum Gasteiger partial charge on any atom is -0.394 e. The van der Waals surface area contributed by atoms with Crippen molar-refractivity contribution in [1.29, 1.82) is 0 Å². The lowest BCUT2D eigenvalue weighted by molar-refractivity contribution is -0.360. The third-order valence-electron chi connectivity index (χ3n) is 13.8. The SMILES string of the molecule is C[C@@H]1O[C@@H](O[C@H]2CC[C@@]3(C)[C@@H](CC[C@@H]4[C@@H]3[C@H](O)[C@@H](O)[C@]3(C)[C@@H]([C@@H](C)O)CC[C@]43O)C2)[C@@H](O)[C@H](O)[C@@H]1O[C@H]1O[C@H](CO)[C@H](O)[C@H](O)[C@H]1O. The second-order valence-electron chi connectivity index (χ2n) is 16.0. The van der Waals surface area contributed by atoms with Crippen LogP contribution in [0.3, 0.4) is 0 Å². The Kier molecular flexibility index (Phi) is 9.94. The molecule has 47 heavy (non-hydrogen) atoms. The quantitative estimate of drug-likeness (QED) is 0.139. The molecule has 14 heteroatoms. The van der Waals surface area contributed by atoms with E-state index in [0.29, 0.717) is 38.5 Å². The summed E-state index contributed by atoms with van der Waals surface area (Å²) in [7, 11) is 0. The fourth-order valence-corrected chi connectivity index (χ4v) is 11.0. The molecule has 0 radical (unpaired) electrons. The second-order valence-corrected chi connectivity index (χ2v) is 16.0. The largest absolute Gasteiger partial charge is 0.394 e. The Hall–Kier alpha value is -0.560. The van der Waals surface area contributed by atoms with Gasteiger partial charge in [-0.1, -0.05) is 13.8 Å². The molecule has 0 spiro atoms. The molecule has 6 rings (SSSR count). The molecule has 10 N–H and O–H groups in total. The highest BCUT2D eigenvalue weighted by molar-refractivity contribution is 5.22. The van der Waals surface area contributed by atoms with E-state index in [1.807, 2.05) is 6.92 Å². The highest BCUT2D eigenvalue weighted by Crippen LogP contribution is 2.69. The molecule has 14 nitrogen and oxygen atoms in total. The molecular weight excluding hydrogens is 620 g/mol. The van der Waals surface area contributed by atoms with E-state index in [2.05, 4.69) is 6.92 Å². The van der Waals surface area contributed by atoms with Gasteiger partial charge < -0.3 is 70.0 Å². The molecular formula is C33H56O14. The minimum absolute atomic E-state index is 0.0941. The zero-order valence-corrected chi connectivity index (χ0v) is 27.7. The van der Waals surface area contributed by atoms with Gasteiger partial charge in [0.2, 0.25) is 0 Å². The number of aliphatic hydroxyl groups excluding tert-OH is 9. The smallest absolute Gasteiger partial charge is 0.187 e. The van der Waals surface area contributed by atoms with Gasteiger partial charge in [-0.15, -0.1) is 0 Å². The van der Waals surface area contributed by atoms with Crippen molar-refractivity contribution >= 4 is 0 Å². The van der Waals surface area contributed by atoms with Crippen molar-refractivity contribution in [3.63, 3.8) is 0 Å². The number of hydrogen-bond donors (Lipinski definition) is 10. The summed E-state index contributed by atoms with van der Waals surface area (Å²) in [5.74, 6) is -0.804. The van der Waals surface area contributed by atoms with E-state index >= 15 is 0 Å². The van der Waals surface area contributed by atoms with Crippen LogP contribution in [0.4, 0.5) is 0 Å². The van der Waals surface area contributed by atoms with E-state index in [9.17, 15) is 51.1 Å². The molecule has 2 heterocycles. The molecule has 6 aliphatic rings. The summed E-state index contributed by atoms with van der Waals surface area (Å²) in [5.41, 5.74) is -2.63. The van der Waals surface area contributed by atoms with E-state index in [-0.39, 0.29) is 29.8 Å². The highest BCUT2D eigenvalue weighted by Gasteiger charge is 2.73. The lowest BCUT2D eigenvalue weighted by Crippen LogP contribution is -2.72. The van der Waals surface area contributed by atoms with Gasteiger partial charge in [0.1, 0.15) is 42.7 Å². The van der Waals surface area contributed by atoms with Crippen molar-refractivity contribution in [3.8, 4) is 0 Å². The number of fused-ring (bicyclic) bond motifs is 5. The van der Waals surface area contributed by atoms with Gasteiger partial charge in [0.25, 0.3) is 0 Å². The minimum atomic E-state index is -1.68. The van der Waals surface area contributed by atoms with Crippen LogP contribution >= 0.6 is 0 Å². The molecule has 2 aliphatic heterocycles. The molecule has 2 saturated heterocycles. The second kappa shape index (κ2) is 12.9. The molecule has 0 aromatic rings. The highest BCUT2D eigenvalue weighted by atomic mass is 16.7. The average Bonchev–Trinajstić information content (AvgIpc) is 3.32. The molecule has 4 saturated carbocycles. The van der Waals surface area contributed by atoms with Crippen molar-refractivity contribution in [2.24, 2.45) is 34.5 Å². The maximum absolute atomic E-state index is 12.3. The van der Waals surface area contributed by atoms with Crippen LogP contribution in [0.15, 0.2) is 0 Å². The lowest BCUT2D eigenvalue weighted by Gasteiger charge is -2.66. The summed E-state index contributed by atoms with van der Waals surface area (Å²) in [6.07, 6.45) is -13.0. The Bertz CT molecular complexity index is 1110. The van der Waals surface area contributed by atoms with Gasteiger partial charge in [-0.25, -0.2) is 0 Å². The molecule has 6 fully saturated rings. The van der Waals surface area contributed by atoms with Gasteiger partial charge in [-0.3, -0.25) is 0 Å². The van der Waals surface area contributed by atoms with E-state index in [4.69, 9.17) is 18.9 Å². The third kappa shape index (κ3) is 5.45. The zero-order valence-electron chi connectivity index (χ0n) is 27.7. The van der Waals surface area contributed by atoms with Crippen molar-refractivity contribution in [3.05, 3.63) is 0 Å². The van der Waals surface area contributed by atoms with Crippen LogP contribution in [-0.2, 0) is 18.9 Å². The monoisotopic (exact) mass is 676 g/mol. The Balaban J connectivity index is 1.11. The fraction of sp³-hybridized carbons (Fsp3) is 1.00. The number of rotatable bonds is 6. The van der Waals surface area contributed by atoms with Gasteiger partial charge in [-0.2, -0.15) is 0 Å². The molecule has 272 valence electrons. The van der Waals surface area contributed by atoms with E-state index in [0.717, 1.165) is 6.42 Å². The fourth-order valence-electron chi connectivity index (χ4n) is 11.0. The molecule has 0 aromatic carbocycles. The Morgan fingerprint density at radius 1 is 0.787 bits per heavy atom. The molecule has 0 amide bonds. The van der Waals surface area contributed by atoms with E-state index in [1.165, 1.54) is 0 Å². The number of aliphatic hydroxyl groups is 10. The molecule has 4 aliphatic carbocycles. The van der Waals surface area contributed by atoms with Crippen LogP contribution in [0, 0.1) is 34.5 Å². The van der Waals surface area contributed by atoms with Crippen LogP contribution in [-0.4, -0.2) is 149 Å². The molecule has 21 atom stereocenters. The first-order valence-electron chi connectivity index (χ1n) is 17.4. The maximum Gasteiger partial charge on any atom is 0.187 e. The first-order chi connectivity index (χ1) is 22.0. The summed E-state index contributed by atoms with van der Waals surface area (Å²) < 4.78 is 23.4. The van der Waals surface area contributed by atoms with Crippen LogP contribution in [0.1, 0.15) is 72.6 Å². The van der Waals surface area contributed by atoms with Crippen molar-refractivity contribution in [2.75, 3.05) is 6.61 Å². The third-order valence-corrected chi connectivity index (χ3v) is 13.8. The standard InChI is InChI=1S/C33H56O14/c1-13(35)17-8-10-33(43)18-6-5-15-11-16(7-9-31(15,3)20(18)22(37)28(42)32(17,33)4)45-29-26(41)24(39)27(14(2)44-29)47-30-25(40)23(38)21(36)19(12-34)46-30/h13-30,34-43H,5-12H2,1-4H3/t13-,14+,15+,16+,17-,18-,19-,20-,21+,22+,23+,24+,25-,26+,27-,28-,29+,30-,31+,32+,33+/m1/s1. The molecule has 0 aromatic heterocycles. The van der Waals surface area contributed by atoms with E-state index in [1.54, 1.807) is 13.8 Å². The first kappa shape index (κ1) is 36.2. The van der Waals surface area contributed by atoms with Gasteiger partial charge in [0.05, 0.1) is 42.7 Å². The summed E-state index contributed by atoms with van der Waals surface area (Å²) in [6, 6.07) is 0. The summed E-state index contributed by atoms with van der Waals surface area (Å²) in [6.45, 7) is 6.59. The van der Waals surface area contributed by atoms with Crippen LogP contribution in [0.25, 0.3) is 0 Å². The van der Waals surface area contributed by atoms with Gasteiger partial charge in [0, 0.05) is 5.41 Å². The predicted molar refractivity (Wildman–Crippen MR) is 161 cm³/mol. The summed E-state index contributed by atoms with van der Waals surface area (Å²) in [4.78, 5) is 0. The average molecular weight is 677 g/mol. The predicted octanol–water partition coefficient (Wildman–Crippen LogP) is -1.88. The summed E-state index contributed by atoms with van der Waals surface area (Å²) in [5, 5.41) is 108. The van der Waals surface area contributed by atoms with Gasteiger partial charge in [0.15, 0.2) is 12.6 Å². The molecule has 0 unspecified atom stereocenters. The molecule has 0 bridgehead atoms. The maximum atomic E-state index is 12.3. The van der Waals surface area contributed by atoms with Crippen LogP contribution in [0.5, 0.6) is 0 Å². The lowest BCUT2D eigenvalue weighted by atomic mass is 9.41. The Morgan fingerprint density at radius 2 is 1.45 bits per heavy atom. The van der Waals surface area contributed by atoms with E-state index < -0.39 is 103 Å². The zero-order chi connectivity index (χ0) is 34.4. The summed E-state index contributed by atoms with van der Waals surface area (Å²) >= 11 is 0. The van der Waals surface area contributed by atoms with Crippen molar-refractivity contribution in [2.45, 2.75) is 164 Å². The van der Waals surface area contributed by atoms with Crippen molar-refractivity contribution in [1.82, 2.24) is 0 Å². The Morgan fingerprint density at radius 3 is 2.11 bits per heavy atom. The van der Waals surface area contributed by atoms with Crippen LogP contribution < -0.4 is 0 Å². The Labute approximate surface area is 275 Å². The number of ether oxygens (including phenoxy) is 4. The van der Waals surface area contributed by atoms with Gasteiger partial charge >= 0.3 is 0 Å². The first-order valence-corrected chi connectivity index (χ1v) is 17.4. The van der Waals surface area contributed by atoms with Crippen molar-refractivity contribution < 1.29 is 70.0 Å². The van der Waals surface area contributed by atoms with Crippen LogP contribution in [0.2, 0.25) is 0 Å². The van der Waals surface area contributed by atoms with Gasteiger partial charge in [-0.05, 0) is 87.9 Å². The topological polar surface area (TPSA) is 239 Å². The normalized spacial score (nSPS) is 58.7.